The van der Waals surface area contributed by atoms with E-state index in [0.29, 0.717) is 16.5 Å². The summed E-state index contributed by atoms with van der Waals surface area (Å²) in [7, 11) is -3.71. The van der Waals surface area contributed by atoms with Crippen molar-refractivity contribution in [2.75, 3.05) is 5.32 Å². The predicted octanol–water partition coefficient (Wildman–Crippen LogP) is 2.13. The van der Waals surface area contributed by atoms with Crippen LogP contribution in [0.4, 0.5) is 11.5 Å². The summed E-state index contributed by atoms with van der Waals surface area (Å²) in [6, 6.07) is 9.54. The van der Waals surface area contributed by atoms with Gasteiger partial charge in [-0.25, -0.2) is 18.5 Å². The van der Waals surface area contributed by atoms with E-state index in [1.807, 2.05) is 0 Å². The third kappa shape index (κ3) is 3.19. The van der Waals surface area contributed by atoms with E-state index in [1.165, 1.54) is 18.3 Å². The van der Waals surface area contributed by atoms with Crippen LogP contribution in [0, 0.1) is 0 Å². The van der Waals surface area contributed by atoms with E-state index in [2.05, 4.69) is 10.3 Å². The van der Waals surface area contributed by atoms with Gasteiger partial charge in [-0.1, -0.05) is 17.7 Å². The zero-order valence-corrected chi connectivity index (χ0v) is 10.7. The van der Waals surface area contributed by atoms with Crippen molar-refractivity contribution in [3.63, 3.8) is 0 Å². The van der Waals surface area contributed by atoms with E-state index in [-0.39, 0.29) is 4.90 Å². The second kappa shape index (κ2) is 4.93. The largest absolute Gasteiger partial charge is 0.340 e. The van der Waals surface area contributed by atoms with Gasteiger partial charge in [0.25, 0.3) is 0 Å². The summed E-state index contributed by atoms with van der Waals surface area (Å²) in [5.74, 6) is 0.561. The molecule has 0 saturated heterocycles. The van der Waals surface area contributed by atoms with Gasteiger partial charge in [-0.15, -0.1) is 0 Å². The number of nitrogens with one attached hydrogen (secondary N) is 1. The van der Waals surface area contributed by atoms with E-state index in [0.717, 1.165) is 0 Å². The molecule has 0 aliphatic rings. The fourth-order valence-electron chi connectivity index (χ4n) is 1.35. The number of hydrogen-bond acceptors (Lipinski definition) is 4. The SMILES string of the molecule is NS(=O)(=O)c1cccc(Nc2ccc(Cl)cn2)c1. The summed E-state index contributed by atoms with van der Waals surface area (Å²) in [5.41, 5.74) is 0.580. The normalized spacial score (nSPS) is 11.2. The summed E-state index contributed by atoms with van der Waals surface area (Å²) in [5, 5.41) is 8.53. The smallest absolute Gasteiger partial charge is 0.238 e. The Kier molecular flexibility index (Phi) is 3.51. The summed E-state index contributed by atoms with van der Waals surface area (Å²) in [6.45, 7) is 0. The number of primary sulfonamides is 1. The first-order chi connectivity index (χ1) is 8.45. The van der Waals surface area contributed by atoms with Crippen molar-refractivity contribution in [2.24, 2.45) is 5.14 Å². The highest BCUT2D eigenvalue weighted by atomic mass is 35.5. The lowest BCUT2D eigenvalue weighted by molar-refractivity contribution is 0.598. The quantitative estimate of drug-likeness (QED) is 0.903. The lowest BCUT2D eigenvalue weighted by atomic mass is 10.3. The van der Waals surface area contributed by atoms with Crippen molar-refractivity contribution >= 4 is 33.1 Å². The second-order valence-electron chi connectivity index (χ2n) is 3.56. The van der Waals surface area contributed by atoms with Gasteiger partial charge in [-0.2, -0.15) is 0 Å². The van der Waals surface area contributed by atoms with E-state index >= 15 is 0 Å². The van der Waals surface area contributed by atoms with Gasteiger partial charge in [0.1, 0.15) is 5.82 Å². The first kappa shape index (κ1) is 12.8. The van der Waals surface area contributed by atoms with Crippen LogP contribution < -0.4 is 10.5 Å². The number of hydrogen-bond donors (Lipinski definition) is 2. The minimum absolute atomic E-state index is 0.0430. The summed E-state index contributed by atoms with van der Waals surface area (Å²) in [6.07, 6.45) is 1.49. The van der Waals surface area contributed by atoms with Crippen molar-refractivity contribution in [3.05, 3.63) is 47.6 Å². The van der Waals surface area contributed by atoms with Gasteiger partial charge in [0.2, 0.25) is 10.0 Å². The van der Waals surface area contributed by atoms with Crippen LogP contribution in [0.3, 0.4) is 0 Å². The van der Waals surface area contributed by atoms with Crippen LogP contribution >= 0.6 is 11.6 Å². The Morgan fingerprint density at radius 3 is 2.61 bits per heavy atom. The number of nitrogens with zero attached hydrogens (tertiary/aromatic N) is 1. The molecule has 0 aliphatic heterocycles. The Bertz CT molecular complexity index is 656. The number of aromatic nitrogens is 1. The van der Waals surface area contributed by atoms with Crippen LogP contribution in [0.1, 0.15) is 0 Å². The maximum absolute atomic E-state index is 11.2. The van der Waals surface area contributed by atoms with Crippen LogP contribution in [0.25, 0.3) is 0 Å². The molecular formula is C11H10ClN3O2S. The van der Waals surface area contributed by atoms with Gasteiger partial charge in [0.15, 0.2) is 0 Å². The number of halogens is 1. The molecule has 0 atom stereocenters. The standard InChI is InChI=1S/C11H10ClN3O2S/c12-8-4-5-11(14-7-8)15-9-2-1-3-10(6-9)18(13,16)17/h1-7H,(H,14,15)(H2,13,16,17). The highest BCUT2D eigenvalue weighted by Crippen LogP contribution is 2.19. The Balaban J connectivity index is 2.27. The fraction of sp³-hybridized carbons (Fsp3) is 0. The Morgan fingerprint density at radius 2 is 2.00 bits per heavy atom. The second-order valence-corrected chi connectivity index (χ2v) is 5.56. The molecule has 2 aromatic rings. The molecule has 7 heteroatoms. The van der Waals surface area contributed by atoms with Gasteiger partial charge in [0, 0.05) is 11.9 Å². The molecule has 0 amide bonds. The van der Waals surface area contributed by atoms with Crippen molar-refractivity contribution < 1.29 is 8.42 Å². The molecule has 94 valence electrons. The zero-order chi connectivity index (χ0) is 13.2. The van der Waals surface area contributed by atoms with Crippen molar-refractivity contribution in [1.82, 2.24) is 4.98 Å². The molecule has 0 unspecified atom stereocenters. The van der Waals surface area contributed by atoms with Gasteiger partial charge >= 0.3 is 0 Å². The van der Waals surface area contributed by atoms with Crippen LogP contribution in [0.5, 0.6) is 0 Å². The molecule has 5 nitrogen and oxygen atoms in total. The van der Waals surface area contributed by atoms with Crippen LogP contribution in [0.15, 0.2) is 47.5 Å². The van der Waals surface area contributed by atoms with Crippen LogP contribution in [-0.4, -0.2) is 13.4 Å². The number of benzene rings is 1. The predicted molar refractivity (Wildman–Crippen MR) is 70.3 cm³/mol. The number of nitrogens with two attached hydrogens (primary N) is 1. The van der Waals surface area contributed by atoms with E-state index < -0.39 is 10.0 Å². The van der Waals surface area contributed by atoms with Gasteiger partial charge in [-0.05, 0) is 30.3 Å². The third-order valence-electron chi connectivity index (χ3n) is 2.16. The fourth-order valence-corrected chi connectivity index (χ4v) is 2.02. The Morgan fingerprint density at radius 1 is 1.22 bits per heavy atom. The monoisotopic (exact) mass is 283 g/mol. The summed E-state index contributed by atoms with van der Waals surface area (Å²) < 4.78 is 22.4. The molecule has 3 N–H and O–H groups in total. The maximum Gasteiger partial charge on any atom is 0.238 e. The molecule has 0 bridgehead atoms. The van der Waals surface area contributed by atoms with Crippen molar-refractivity contribution in [2.45, 2.75) is 4.90 Å². The molecule has 0 aliphatic carbocycles. The number of anilines is 2. The Hall–Kier alpha value is -1.63. The molecular weight excluding hydrogens is 274 g/mol. The molecule has 0 radical (unpaired) electrons. The van der Waals surface area contributed by atoms with E-state index in [9.17, 15) is 8.42 Å². The number of pyridine rings is 1. The van der Waals surface area contributed by atoms with Gasteiger partial charge in [0.05, 0.1) is 9.92 Å². The molecule has 0 saturated carbocycles. The lowest BCUT2D eigenvalue weighted by Gasteiger charge is -2.06. The number of sulfonamides is 1. The average Bonchev–Trinajstić information content (AvgIpc) is 2.31. The van der Waals surface area contributed by atoms with Crippen LogP contribution in [0.2, 0.25) is 5.02 Å². The van der Waals surface area contributed by atoms with Crippen molar-refractivity contribution in [3.8, 4) is 0 Å². The Labute approximate surface area is 110 Å². The minimum atomic E-state index is -3.71. The molecule has 1 aromatic heterocycles. The highest BCUT2D eigenvalue weighted by molar-refractivity contribution is 7.89. The number of rotatable bonds is 3. The third-order valence-corrected chi connectivity index (χ3v) is 3.30. The molecule has 0 spiro atoms. The molecule has 1 heterocycles. The first-order valence-corrected chi connectivity index (χ1v) is 6.89. The topological polar surface area (TPSA) is 85.1 Å². The molecule has 0 fully saturated rings. The van der Waals surface area contributed by atoms with E-state index in [1.54, 1.807) is 24.3 Å². The van der Waals surface area contributed by atoms with Gasteiger partial charge in [-0.3, -0.25) is 0 Å². The van der Waals surface area contributed by atoms with Crippen LogP contribution in [-0.2, 0) is 10.0 Å². The van der Waals surface area contributed by atoms with Gasteiger partial charge < -0.3 is 5.32 Å². The molecule has 1 aromatic carbocycles. The summed E-state index contributed by atoms with van der Waals surface area (Å²) >= 11 is 5.71. The first-order valence-electron chi connectivity index (χ1n) is 4.96. The lowest BCUT2D eigenvalue weighted by Crippen LogP contribution is -2.12. The minimum Gasteiger partial charge on any atom is -0.340 e. The average molecular weight is 284 g/mol. The highest BCUT2D eigenvalue weighted by Gasteiger charge is 2.07. The van der Waals surface area contributed by atoms with E-state index in [4.69, 9.17) is 16.7 Å². The summed E-state index contributed by atoms with van der Waals surface area (Å²) in [4.78, 5) is 4.08. The maximum atomic E-state index is 11.2. The zero-order valence-electron chi connectivity index (χ0n) is 9.17. The molecule has 18 heavy (non-hydrogen) atoms. The molecule has 2 rings (SSSR count). The van der Waals surface area contributed by atoms with Crippen molar-refractivity contribution in [1.29, 1.82) is 0 Å².